The van der Waals surface area contributed by atoms with Gasteiger partial charge in [-0.15, -0.1) is 5.92 Å². The van der Waals surface area contributed by atoms with Crippen LogP contribution in [0.15, 0.2) is 0 Å². The fourth-order valence-electron chi connectivity index (χ4n) is 1.65. The van der Waals surface area contributed by atoms with E-state index >= 15 is 0 Å². The molecule has 0 saturated heterocycles. The standard InChI is InChI=1S/C18H26O/c1-2-3-4-5-6-7-8-9-10-11-12-13-14-15-16-17-18-19/h19H,2-9,12,15,18H2,1H3. The minimum Gasteiger partial charge on any atom is -0.384 e. The molecular formula is C18H26O. The molecule has 0 radical (unpaired) electrons. The Morgan fingerprint density at radius 2 is 1.16 bits per heavy atom. The Morgan fingerprint density at radius 1 is 0.632 bits per heavy atom. The summed E-state index contributed by atoms with van der Waals surface area (Å²) in [6, 6.07) is 0. The molecule has 0 saturated carbocycles. The molecule has 1 N–H and O–H groups in total. The molecule has 0 atom stereocenters. The van der Waals surface area contributed by atoms with Crippen molar-refractivity contribution in [3.63, 3.8) is 0 Å². The first-order valence-electron chi connectivity index (χ1n) is 7.39. The van der Waals surface area contributed by atoms with Gasteiger partial charge < -0.3 is 5.11 Å². The molecule has 0 aliphatic heterocycles. The molecular weight excluding hydrogens is 232 g/mol. The van der Waals surface area contributed by atoms with Crippen LogP contribution < -0.4 is 0 Å². The van der Waals surface area contributed by atoms with Gasteiger partial charge in [0.1, 0.15) is 6.61 Å². The van der Waals surface area contributed by atoms with E-state index in [1.165, 1.54) is 44.9 Å². The third-order valence-corrected chi connectivity index (χ3v) is 2.71. The molecule has 0 fully saturated rings. The highest BCUT2D eigenvalue weighted by Crippen LogP contribution is 2.07. The SMILES string of the molecule is CCCCCCCCCC#CCC#CCC#CCO. The van der Waals surface area contributed by atoms with Gasteiger partial charge in [0.2, 0.25) is 0 Å². The lowest BCUT2D eigenvalue weighted by Crippen LogP contribution is -1.79. The first-order valence-corrected chi connectivity index (χ1v) is 7.39. The molecule has 0 aliphatic carbocycles. The highest BCUT2D eigenvalue weighted by molar-refractivity contribution is 5.16. The second-order valence-electron chi connectivity index (χ2n) is 4.44. The van der Waals surface area contributed by atoms with Crippen LogP contribution in [0.1, 0.15) is 71.1 Å². The van der Waals surface area contributed by atoms with Crippen molar-refractivity contribution < 1.29 is 5.11 Å². The van der Waals surface area contributed by atoms with Crippen molar-refractivity contribution in [2.45, 2.75) is 71.1 Å². The Morgan fingerprint density at radius 3 is 1.79 bits per heavy atom. The maximum atomic E-state index is 8.43. The fraction of sp³-hybridized carbons (Fsp3) is 0.667. The monoisotopic (exact) mass is 258 g/mol. The van der Waals surface area contributed by atoms with E-state index in [9.17, 15) is 0 Å². The van der Waals surface area contributed by atoms with Gasteiger partial charge in [0.05, 0.1) is 12.8 Å². The Bertz CT molecular complexity index is 362. The maximum absolute atomic E-state index is 8.43. The number of hydrogen-bond donors (Lipinski definition) is 1. The normalized spacial score (nSPS) is 8.53. The zero-order chi connectivity index (χ0) is 14.0. The van der Waals surface area contributed by atoms with E-state index in [-0.39, 0.29) is 6.61 Å². The predicted octanol–water partition coefficient (Wildman–Crippen LogP) is 3.91. The van der Waals surface area contributed by atoms with Gasteiger partial charge in [-0.1, -0.05) is 75.1 Å². The lowest BCUT2D eigenvalue weighted by atomic mass is 10.1. The Hall–Kier alpha value is -1.36. The second-order valence-corrected chi connectivity index (χ2v) is 4.44. The zero-order valence-electron chi connectivity index (χ0n) is 12.2. The molecule has 0 aliphatic rings. The molecule has 104 valence electrons. The molecule has 0 unspecified atom stereocenters. The highest BCUT2D eigenvalue weighted by atomic mass is 16.2. The highest BCUT2D eigenvalue weighted by Gasteiger charge is 1.88. The number of rotatable bonds is 7. The molecule has 0 heterocycles. The Labute approximate surface area is 119 Å². The van der Waals surface area contributed by atoms with Gasteiger partial charge in [0.25, 0.3) is 0 Å². The summed E-state index contributed by atoms with van der Waals surface area (Å²) in [5, 5.41) is 8.43. The van der Waals surface area contributed by atoms with Gasteiger partial charge in [-0.2, -0.15) is 0 Å². The number of hydrogen-bond acceptors (Lipinski definition) is 1. The summed E-state index contributed by atoms with van der Waals surface area (Å²) < 4.78 is 0. The molecule has 0 rings (SSSR count). The molecule has 0 amide bonds. The minimum atomic E-state index is -0.0834. The van der Waals surface area contributed by atoms with Crippen LogP contribution in [0.3, 0.4) is 0 Å². The quantitative estimate of drug-likeness (QED) is 0.542. The smallest absolute Gasteiger partial charge is 0.104 e. The van der Waals surface area contributed by atoms with Gasteiger partial charge in [0, 0.05) is 6.42 Å². The van der Waals surface area contributed by atoms with E-state index < -0.39 is 0 Å². The predicted molar refractivity (Wildman–Crippen MR) is 82.3 cm³/mol. The summed E-state index contributed by atoms with van der Waals surface area (Å²) in [4.78, 5) is 0. The lowest BCUT2D eigenvalue weighted by molar-refractivity contribution is 0.350. The summed E-state index contributed by atoms with van der Waals surface area (Å²) in [6.45, 7) is 2.16. The average Bonchev–Trinajstić information content (AvgIpc) is 2.43. The largest absolute Gasteiger partial charge is 0.384 e. The van der Waals surface area contributed by atoms with Crippen LogP contribution in [0.25, 0.3) is 0 Å². The molecule has 1 heteroatoms. The molecule has 1 nitrogen and oxygen atoms in total. The van der Waals surface area contributed by atoms with Crippen molar-refractivity contribution in [3.8, 4) is 35.5 Å². The summed E-state index contributed by atoms with van der Waals surface area (Å²) in [5.41, 5.74) is 0. The van der Waals surface area contributed by atoms with Crippen molar-refractivity contribution in [2.24, 2.45) is 0 Å². The van der Waals surface area contributed by atoms with E-state index in [1.54, 1.807) is 0 Å². The van der Waals surface area contributed by atoms with Crippen LogP contribution in [0, 0.1) is 35.5 Å². The summed E-state index contributed by atoms with van der Waals surface area (Å²) in [5.74, 6) is 17.4. The maximum Gasteiger partial charge on any atom is 0.104 e. The van der Waals surface area contributed by atoms with Gasteiger partial charge in [-0.3, -0.25) is 0 Å². The van der Waals surface area contributed by atoms with Crippen LogP contribution in [-0.4, -0.2) is 11.7 Å². The van der Waals surface area contributed by atoms with E-state index in [0.29, 0.717) is 12.8 Å². The Balaban J connectivity index is 3.31. The molecule has 19 heavy (non-hydrogen) atoms. The fourth-order valence-corrected chi connectivity index (χ4v) is 1.65. The van der Waals surface area contributed by atoms with Crippen LogP contribution in [0.5, 0.6) is 0 Å². The number of aliphatic hydroxyl groups excluding tert-OH is 1. The molecule has 0 spiro atoms. The van der Waals surface area contributed by atoms with Crippen LogP contribution in [0.2, 0.25) is 0 Å². The molecule has 0 aromatic carbocycles. The van der Waals surface area contributed by atoms with E-state index in [1.807, 2.05) is 0 Å². The van der Waals surface area contributed by atoms with Crippen LogP contribution >= 0.6 is 0 Å². The Kier molecular flexibility index (Phi) is 15.4. The summed E-state index contributed by atoms with van der Waals surface area (Å²) in [7, 11) is 0. The van der Waals surface area contributed by atoms with Crippen molar-refractivity contribution in [3.05, 3.63) is 0 Å². The van der Waals surface area contributed by atoms with Crippen LogP contribution in [-0.2, 0) is 0 Å². The average molecular weight is 258 g/mol. The minimum absolute atomic E-state index is 0.0834. The van der Waals surface area contributed by atoms with E-state index in [4.69, 9.17) is 5.11 Å². The first-order chi connectivity index (χ1) is 9.41. The van der Waals surface area contributed by atoms with Crippen molar-refractivity contribution in [1.29, 1.82) is 0 Å². The van der Waals surface area contributed by atoms with Gasteiger partial charge >= 0.3 is 0 Å². The topological polar surface area (TPSA) is 20.2 Å². The number of aliphatic hydroxyl groups is 1. The molecule has 0 aromatic heterocycles. The van der Waals surface area contributed by atoms with Crippen LogP contribution in [0.4, 0.5) is 0 Å². The van der Waals surface area contributed by atoms with Crippen molar-refractivity contribution >= 4 is 0 Å². The summed E-state index contributed by atoms with van der Waals surface area (Å²) >= 11 is 0. The van der Waals surface area contributed by atoms with E-state index in [2.05, 4.69) is 42.4 Å². The number of unbranched alkanes of at least 4 members (excludes halogenated alkanes) is 7. The lowest BCUT2D eigenvalue weighted by Gasteiger charge is -1.97. The van der Waals surface area contributed by atoms with Gasteiger partial charge in [-0.05, 0) is 6.42 Å². The van der Waals surface area contributed by atoms with E-state index in [0.717, 1.165) is 6.42 Å². The summed E-state index contributed by atoms with van der Waals surface area (Å²) in [6.07, 6.45) is 11.5. The first kappa shape index (κ1) is 17.6. The van der Waals surface area contributed by atoms with Crippen molar-refractivity contribution in [2.75, 3.05) is 6.61 Å². The third kappa shape index (κ3) is 16.6. The molecule has 0 aromatic rings. The zero-order valence-corrected chi connectivity index (χ0v) is 12.2. The van der Waals surface area contributed by atoms with Crippen molar-refractivity contribution in [1.82, 2.24) is 0 Å². The van der Waals surface area contributed by atoms with Gasteiger partial charge in [-0.25, -0.2) is 0 Å². The van der Waals surface area contributed by atoms with Gasteiger partial charge in [0.15, 0.2) is 0 Å². The molecule has 0 bridgehead atoms. The second kappa shape index (κ2) is 16.6. The third-order valence-electron chi connectivity index (χ3n) is 2.71.